The Morgan fingerprint density at radius 2 is 2.04 bits per heavy atom. The van der Waals surface area contributed by atoms with Gasteiger partial charge in [-0.15, -0.1) is 0 Å². The summed E-state index contributed by atoms with van der Waals surface area (Å²) in [4.78, 5) is 6.33. The first-order chi connectivity index (χ1) is 12.5. The van der Waals surface area contributed by atoms with Crippen molar-refractivity contribution in [2.45, 2.75) is 25.1 Å². The molecule has 2 aliphatic heterocycles. The van der Waals surface area contributed by atoms with Gasteiger partial charge in [0.15, 0.2) is 21.7 Å². The van der Waals surface area contributed by atoms with Crippen molar-refractivity contribution in [3.8, 4) is 11.6 Å². The predicted molar refractivity (Wildman–Crippen MR) is 98.1 cm³/mol. The minimum Gasteiger partial charge on any atom is -0.484 e. The molecular weight excluding hydrogens is 352 g/mol. The van der Waals surface area contributed by atoms with Crippen molar-refractivity contribution in [3.63, 3.8) is 0 Å². The lowest BCUT2D eigenvalue weighted by Gasteiger charge is -2.26. The highest BCUT2D eigenvalue weighted by atomic mass is 32.2. The molecule has 0 saturated carbocycles. The summed E-state index contributed by atoms with van der Waals surface area (Å²) in [5, 5.41) is 0. The van der Waals surface area contributed by atoms with Gasteiger partial charge in [-0.3, -0.25) is 4.90 Å². The Bertz CT molecular complexity index is 883. The summed E-state index contributed by atoms with van der Waals surface area (Å²) in [7, 11) is -0.870. The Balaban J connectivity index is 1.40. The largest absolute Gasteiger partial charge is 0.484 e. The maximum Gasteiger partial charge on any atom is 0.257 e. The summed E-state index contributed by atoms with van der Waals surface area (Å²) >= 11 is 0. The van der Waals surface area contributed by atoms with Gasteiger partial charge in [-0.1, -0.05) is 24.3 Å². The minimum absolute atomic E-state index is 0.109. The molecule has 2 aliphatic rings. The average Bonchev–Trinajstić information content (AvgIpc) is 3.02. The van der Waals surface area contributed by atoms with Crippen LogP contribution in [0.5, 0.6) is 11.6 Å². The zero-order chi connectivity index (χ0) is 18.1. The molecule has 3 heterocycles. The third-order valence-electron chi connectivity index (χ3n) is 5.00. The molecule has 0 spiro atoms. The molecule has 0 bridgehead atoms. The number of nitrogens with zero attached hydrogens (tertiary/aromatic N) is 2. The second-order valence-corrected chi connectivity index (χ2v) is 9.17. The Kier molecular flexibility index (Phi) is 4.58. The van der Waals surface area contributed by atoms with E-state index in [1.54, 1.807) is 6.20 Å². The molecule has 6 nitrogen and oxygen atoms in total. The molecule has 2 atom stereocenters. The molecule has 1 saturated heterocycles. The van der Waals surface area contributed by atoms with Crippen LogP contribution in [-0.4, -0.2) is 49.5 Å². The second kappa shape index (κ2) is 6.89. The number of sulfone groups is 1. The molecule has 7 heteroatoms. The van der Waals surface area contributed by atoms with E-state index in [0.29, 0.717) is 24.0 Å². The zero-order valence-electron chi connectivity index (χ0n) is 14.7. The average molecular weight is 374 g/mol. The van der Waals surface area contributed by atoms with Crippen molar-refractivity contribution in [1.29, 1.82) is 0 Å². The standard InChI is InChI=1S/C19H22N2O4S/c1-21(16-8-10-26(22,23)13-16)11-14-4-6-15(7-5-14)18-12-24-17-3-2-9-20-19(17)25-18/h2-7,9,16,18H,8,10-13H2,1H3/t16?,18-/m1/s1. The minimum atomic E-state index is -2.86. The van der Waals surface area contributed by atoms with Crippen molar-refractivity contribution >= 4 is 9.84 Å². The van der Waals surface area contributed by atoms with Crippen LogP contribution in [0.3, 0.4) is 0 Å². The molecule has 0 aliphatic carbocycles. The monoisotopic (exact) mass is 374 g/mol. The number of rotatable bonds is 4. The fourth-order valence-corrected chi connectivity index (χ4v) is 5.26. The van der Waals surface area contributed by atoms with Gasteiger partial charge >= 0.3 is 0 Å². The Morgan fingerprint density at radius 3 is 2.77 bits per heavy atom. The van der Waals surface area contributed by atoms with Gasteiger partial charge in [0, 0.05) is 18.8 Å². The maximum absolute atomic E-state index is 11.6. The second-order valence-electron chi connectivity index (χ2n) is 6.94. The molecule has 1 fully saturated rings. The van der Waals surface area contributed by atoms with E-state index >= 15 is 0 Å². The molecule has 0 radical (unpaired) electrons. The van der Waals surface area contributed by atoms with Crippen LogP contribution in [0.4, 0.5) is 0 Å². The maximum atomic E-state index is 11.6. The lowest BCUT2D eigenvalue weighted by Crippen LogP contribution is -2.32. The van der Waals surface area contributed by atoms with E-state index in [2.05, 4.69) is 22.0 Å². The molecule has 0 amide bonds. The Hall–Kier alpha value is -2.12. The number of fused-ring (bicyclic) bond motifs is 1. The summed E-state index contributed by atoms with van der Waals surface area (Å²) in [5.41, 5.74) is 2.19. The van der Waals surface area contributed by atoms with Crippen molar-refractivity contribution in [2.24, 2.45) is 0 Å². The summed E-state index contributed by atoms with van der Waals surface area (Å²) in [6, 6.07) is 12.0. The van der Waals surface area contributed by atoms with E-state index in [4.69, 9.17) is 9.47 Å². The van der Waals surface area contributed by atoms with Crippen molar-refractivity contribution in [3.05, 3.63) is 53.7 Å². The number of hydrogen-bond acceptors (Lipinski definition) is 6. The van der Waals surface area contributed by atoms with Crippen LogP contribution < -0.4 is 9.47 Å². The highest BCUT2D eigenvalue weighted by Gasteiger charge is 2.30. The number of benzene rings is 1. The number of hydrogen-bond donors (Lipinski definition) is 0. The molecule has 26 heavy (non-hydrogen) atoms. The van der Waals surface area contributed by atoms with Crippen LogP contribution >= 0.6 is 0 Å². The molecular formula is C19H22N2O4S. The summed E-state index contributed by atoms with van der Waals surface area (Å²) in [5.74, 6) is 1.76. The molecule has 0 N–H and O–H groups in total. The van der Waals surface area contributed by atoms with Gasteiger partial charge in [-0.05, 0) is 36.7 Å². The molecule has 1 unspecified atom stereocenters. The SMILES string of the molecule is CN(Cc1ccc([C@H]2COc3cccnc3O2)cc1)C1CCS(=O)(=O)C1. The summed E-state index contributed by atoms with van der Waals surface area (Å²) in [6.45, 7) is 1.19. The van der Waals surface area contributed by atoms with Crippen LogP contribution in [-0.2, 0) is 16.4 Å². The van der Waals surface area contributed by atoms with Gasteiger partial charge in [0.05, 0.1) is 11.5 Å². The van der Waals surface area contributed by atoms with Crippen LogP contribution in [0.1, 0.15) is 23.7 Å². The molecule has 1 aromatic carbocycles. The van der Waals surface area contributed by atoms with E-state index in [0.717, 1.165) is 24.1 Å². The normalized spacial score (nSPS) is 23.9. The van der Waals surface area contributed by atoms with Crippen molar-refractivity contribution < 1.29 is 17.9 Å². The highest BCUT2D eigenvalue weighted by Crippen LogP contribution is 2.34. The molecule has 138 valence electrons. The number of aromatic nitrogens is 1. The number of ether oxygens (including phenoxy) is 2. The van der Waals surface area contributed by atoms with Gasteiger partial charge in [0.25, 0.3) is 5.88 Å². The third kappa shape index (κ3) is 3.68. The zero-order valence-corrected chi connectivity index (χ0v) is 15.5. The van der Waals surface area contributed by atoms with E-state index in [9.17, 15) is 8.42 Å². The quantitative estimate of drug-likeness (QED) is 0.817. The predicted octanol–water partition coefficient (Wildman–Crippen LogP) is 2.21. The molecule has 4 rings (SSSR count). The van der Waals surface area contributed by atoms with Crippen LogP contribution in [0, 0.1) is 0 Å². The summed E-state index contributed by atoms with van der Waals surface area (Å²) < 4.78 is 34.9. The van der Waals surface area contributed by atoms with Gasteiger partial charge in [-0.25, -0.2) is 13.4 Å². The van der Waals surface area contributed by atoms with Gasteiger partial charge in [0.2, 0.25) is 0 Å². The van der Waals surface area contributed by atoms with E-state index in [1.165, 1.54) is 0 Å². The Morgan fingerprint density at radius 1 is 1.23 bits per heavy atom. The van der Waals surface area contributed by atoms with Gasteiger partial charge < -0.3 is 9.47 Å². The lowest BCUT2D eigenvalue weighted by atomic mass is 10.1. The van der Waals surface area contributed by atoms with Gasteiger partial charge in [-0.2, -0.15) is 0 Å². The van der Waals surface area contributed by atoms with Crippen LogP contribution in [0.2, 0.25) is 0 Å². The Labute approximate surface area is 153 Å². The van der Waals surface area contributed by atoms with E-state index in [-0.39, 0.29) is 17.9 Å². The highest BCUT2D eigenvalue weighted by molar-refractivity contribution is 7.91. The van der Waals surface area contributed by atoms with Crippen LogP contribution in [0.25, 0.3) is 0 Å². The van der Waals surface area contributed by atoms with Crippen molar-refractivity contribution in [2.75, 3.05) is 25.2 Å². The smallest absolute Gasteiger partial charge is 0.257 e. The number of pyridine rings is 1. The molecule has 1 aromatic heterocycles. The fourth-order valence-electron chi connectivity index (χ4n) is 3.45. The first-order valence-electron chi connectivity index (χ1n) is 8.74. The van der Waals surface area contributed by atoms with Gasteiger partial charge in [0.1, 0.15) is 6.61 Å². The molecule has 2 aromatic rings. The van der Waals surface area contributed by atoms with Crippen LogP contribution in [0.15, 0.2) is 42.6 Å². The fraction of sp³-hybridized carbons (Fsp3) is 0.421. The first-order valence-corrected chi connectivity index (χ1v) is 10.6. The lowest BCUT2D eigenvalue weighted by molar-refractivity contribution is 0.0851. The topological polar surface area (TPSA) is 68.7 Å². The summed E-state index contributed by atoms with van der Waals surface area (Å²) in [6.07, 6.45) is 2.23. The van der Waals surface area contributed by atoms with E-state index in [1.807, 2.05) is 31.3 Å². The third-order valence-corrected chi connectivity index (χ3v) is 6.75. The first kappa shape index (κ1) is 17.3. The van der Waals surface area contributed by atoms with E-state index < -0.39 is 9.84 Å². The van der Waals surface area contributed by atoms with Crippen molar-refractivity contribution in [1.82, 2.24) is 9.88 Å².